The fraction of sp³-hybridized carbons (Fsp3) is 0.500. The SMILES string of the molecule is CC(C)Cn1cc(CNC(C)C)c2ccc(Cl)cc21. The molecular formula is C16H23ClN2. The second-order valence-electron chi connectivity index (χ2n) is 5.90. The largest absolute Gasteiger partial charge is 0.347 e. The smallest absolute Gasteiger partial charge is 0.0498 e. The summed E-state index contributed by atoms with van der Waals surface area (Å²) in [5.41, 5.74) is 2.59. The number of nitrogens with one attached hydrogen (secondary N) is 1. The van der Waals surface area contributed by atoms with Gasteiger partial charge in [-0.3, -0.25) is 0 Å². The molecule has 2 rings (SSSR count). The molecule has 0 aliphatic rings. The molecule has 0 fully saturated rings. The van der Waals surface area contributed by atoms with Gasteiger partial charge in [0, 0.05) is 41.3 Å². The van der Waals surface area contributed by atoms with E-state index < -0.39 is 0 Å². The Labute approximate surface area is 120 Å². The van der Waals surface area contributed by atoms with Crippen molar-refractivity contribution >= 4 is 22.5 Å². The van der Waals surface area contributed by atoms with Crippen LogP contribution in [0.2, 0.25) is 5.02 Å². The first-order valence-corrected chi connectivity index (χ1v) is 7.36. The maximum Gasteiger partial charge on any atom is 0.0498 e. The molecule has 0 aliphatic heterocycles. The molecule has 0 saturated heterocycles. The minimum atomic E-state index is 0.496. The lowest BCUT2D eigenvalue weighted by Crippen LogP contribution is -2.21. The molecule has 1 N–H and O–H groups in total. The molecule has 2 aromatic rings. The zero-order chi connectivity index (χ0) is 14.0. The molecule has 19 heavy (non-hydrogen) atoms. The summed E-state index contributed by atoms with van der Waals surface area (Å²) in [6.45, 7) is 10.7. The molecule has 1 aromatic carbocycles. The Morgan fingerprint density at radius 2 is 1.95 bits per heavy atom. The van der Waals surface area contributed by atoms with Crippen LogP contribution in [-0.4, -0.2) is 10.6 Å². The Morgan fingerprint density at radius 1 is 1.21 bits per heavy atom. The van der Waals surface area contributed by atoms with Crippen molar-refractivity contribution in [3.8, 4) is 0 Å². The zero-order valence-electron chi connectivity index (χ0n) is 12.2. The molecule has 0 amide bonds. The van der Waals surface area contributed by atoms with Crippen molar-refractivity contribution in [2.75, 3.05) is 0 Å². The first-order chi connectivity index (χ1) is 8.97. The lowest BCUT2D eigenvalue weighted by atomic mass is 10.1. The zero-order valence-corrected chi connectivity index (χ0v) is 13.0. The van der Waals surface area contributed by atoms with Crippen LogP contribution in [0.1, 0.15) is 33.3 Å². The molecule has 0 aliphatic carbocycles. The van der Waals surface area contributed by atoms with Crippen molar-refractivity contribution in [3.63, 3.8) is 0 Å². The van der Waals surface area contributed by atoms with Crippen molar-refractivity contribution in [1.29, 1.82) is 0 Å². The highest BCUT2D eigenvalue weighted by atomic mass is 35.5. The molecular weight excluding hydrogens is 256 g/mol. The second kappa shape index (κ2) is 5.98. The fourth-order valence-electron chi connectivity index (χ4n) is 2.34. The van der Waals surface area contributed by atoms with Gasteiger partial charge in [-0.1, -0.05) is 45.4 Å². The normalized spacial score (nSPS) is 11.9. The average molecular weight is 279 g/mol. The molecule has 0 bridgehead atoms. The highest BCUT2D eigenvalue weighted by Crippen LogP contribution is 2.25. The van der Waals surface area contributed by atoms with Gasteiger partial charge in [-0.05, 0) is 23.6 Å². The van der Waals surface area contributed by atoms with E-state index in [1.807, 2.05) is 6.07 Å². The van der Waals surface area contributed by atoms with E-state index in [0.717, 1.165) is 18.1 Å². The van der Waals surface area contributed by atoms with Crippen LogP contribution in [-0.2, 0) is 13.1 Å². The van der Waals surface area contributed by atoms with Crippen molar-refractivity contribution in [1.82, 2.24) is 9.88 Å². The van der Waals surface area contributed by atoms with Gasteiger partial charge in [-0.25, -0.2) is 0 Å². The Bertz CT molecular complexity index is 555. The van der Waals surface area contributed by atoms with Crippen molar-refractivity contribution in [2.45, 2.75) is 46.8 Å². The summed E-state index contributed by atoms with van der Waals surface area (Å²) in [6, 6.07) is 6.67. The van der Waals surface area contributed by atoms with Gasteiger partial charge in [0.25, 0.3) is 0 Å². The third-order valence-corrected chi connectivity index (χ3v) is 3.42. The lowest BCUT2D eigenvalue weighted by Gasteiger charge is -2.08. The molecule has 1 heterocycles. The Hall–Kier alpha value is -0.990. The summed E-state index contributed by atoms with van der Waals surface area (Å²) >= 11 is 6.14. The quantitative estimate of drug-likeness (QED) is 0.855. The van der Waals surface area contributed by atoms with Gasteiger partial charge in [0.05, 0.1) is 0 Å². The number of aromatic nitrogens is 1. The van der Waals surface area contributed by atoms with Gasteiger partial charge in [-0.15, -0.1) is 0 Å². The Morgan fingerprint density at radius 3 is 2.58 bits per heavy atom. The first kappa shape index (κ1) is 14.4. The van der Waals surface area contributed by atoms with E-state index in [2.05, 4.69) is 55.9 Å². The Balaban J connectivity index is 2.41. The number of hydrogen-bond acceptors (Lipinski definition) is 1. The molecule has 1 aromatic heterocycles. The summed E-state index contributed by atoms with van der Waals surface area (Å²) in [6.07, 6.45) is 2.26. The minimum absolute atomic E-state index is 0.496. The van der Waals surface area contributed by atoms with Crippen LogP contribution in [0.25, 0.3) is 10.9 Å². The van der Waals surface area contributed by atoms with Crippen LogP contribution in [0.4, 0.5) is 0 Å². The van der Waals surface area contributed by atoms with Gasteiger partial charge in [0.1, 0.15) is 0 Å². The van der Waals surface area contributed by atoms with Crippen LogP contribution in [0.3, 0.4) is 0 Å². The van der Waals surface area contributed by atoms with Crippen LogP contribution in [0, 0.1) is 5.92 Å². The molecule has 0 radical (unpaired) electrons. The fourth-order valence-corrected chi connectivity index (χ4v) is 2.51. The second-order valence-corrected chi connectivity index (χ2v) is 6.33. The van der Waals surface area contributed by atoms with Gasteiger partial charge in [-0.2, -0.15) is 0 Å². The molecule has 2 nitrogen and oxygen atoms in total. The standard InChI is InChI=1S/C16H23ClN2/c1-11(2)9-19-10-13(8-18-12(3)4)15-6-5-14(17)7-16(15)19/h5-7,10-12,18H,8-9H2,1-4H3. The van der Waals surface area contributed by atoms with Gasteiger partial charge >= 0.3 is 0 Å². The number of rotatable bonds is 5. The van der Waals surface area contributed by atoms with E-state index in [-0.39, 0.29) is 0 Å². The van der Waals surface area contributed by atoms with Crippen molar-refractivity contribution < 1.29 is 0 Å². The summed E-state index contributed by atoms with van der Waals surface area (Å²) in [5, 5.41) is 5.60. The van der Waals surface area contributed by atoms with Gasteiger partial charge < -0.3 is 9.88 Å². The van der Waals surface area contributed by atoms with E-state index in [4.69, 9.17) is 11.6 Å². The predicted octanol–water partition coefficient (Wildman–Crippen LogP) is 4.45. The predicted molar refractivity (Wildman–Crippen MR) is 83.8 cm³/mol. The highest BCUT2D eigenvalue weighted by molar-refractivity contribution is 6.31. The van der Waals surface area contributed by atoms with Crippen LogP contribution in [0.15, 0.2) is 24.4 Å². The van der Waals surface area contributed by atoms with E-state index >= 15 is 0 Å². The van der Waals surface area contributed by atoms with Gasteiger partial charge in [0.2, 0.25) is 0 Å². The van der Waals surface area contributed by atoms with Crippen LogP contribution < -0.4 is 5.32 Å². The summed E-state index contributed by atoms with van der Waals surface area (Å²) in [5.74, 6) is 0.625. The van der Waals surface area contributed by atoms with Crippen LogP contribution >= 0.6 is 11.6 Å². The first-order valence-electron chi connectivity index (χ1n) is 6.98. The number of nitrogens with zero attached hydrogens (tertiary/aromatic N) is 1. The topological polar surface area (TPSA) is 17.0 Å². The highest BCUT2D eigenvalue weighted by Gasteiger charge is 2.10. The molecule has 0 saturated carbocycles. The minimum Gasteiger partial charge on any atom is -0.347 e. The summed E-state index contributed by atoms with van der Waals surface area (Å²) in [7, 11) is 0. The average Bonchev–Trinajstić information content (AvgIpc) is 2.63. The summed E-state index contributed by atoms with van der Waals surface area (Å²) in [4.78, 5) is 0. The number of hydrogen-bond donors (Lipinski definition) is 1. The number of fused-ring (bicyclic) bond motifs is 1. The third kappa shape index (κ3) is 3.52. The Kier molecular flexibility index (Phi) is 4.54. The summed E-state index contributed by atoms with van der Waals surface area (Å²) < 4.78 is 2.32. The van der Waals surface area contributed by atoms with Crippen molar-refractivity contribution in [3.05, 3.63) is 35.0 Å². The number of halogens is 1. The van der Waals surface area contributed by atoms with E-state index in [1.165, 1.54) is 16.5 Å². The van der Waals surface area contributed by atoms with E-state index in [0.29, 0.717) is 12.0 Å². The lowest BCUT2D eigenvalue weighted by molar-refractivity contribution is 0.532. The monoisotopic (exact) mass is 278 g/mol. The molecule has 104 valence electrons. The maximum absolute atomic E-state index is 6.14. The molecule has 0 atom stereocenters. The van der Waals surface area contributed by atoms with E-state index in [1.54, 1.807) is 0 Å². The molecule has 0 spiro atoms. The number of benzene rings is 1. The van der Waals surface area contributed by atoms with Crippen molar-refractivity contribution in [2.24, 2.45) is 5.92 Å². The van der Waals surface area contributed by atoms with Crippen LogP contribution in [0.5, 0.6) is 0 Å². The molecule has 3 heteroatoms. The maximum atomic E-state index is 6.14. The van der Waals surface area contributed by atoms with Gasteiger partial charge in [0.15, 0.2) is 0 Å². The van der Waals surface area contributed by atoms with E-state index in [9.17, 15) is 0 Å². The third-order valence-electron chi connectivity index (χ3n) is 3.19. The molecule has 0 unspecified atom stereocenters.